The second-order valence-corrected chi connectivity index (χ2v) is 10.3. The quantitative estimate of drug-likeness (QED) is 0.275. The Balaban J connectivity index is 1.36. The summed E-state index contributed by atoms with van der Waals surface area (Å²) in [5.74, 6) is 0.985. The summed E-state index contributed by atoms with van der Waals surface area (Å²) < 4.78 is 21.8. The topological polar surface area (TPSA) is 83.1 Å². The first-order valence-electron chi connectivity index (χ1n) is 13.1. The number of halogens is 1. The Morgan fingerprint density at radius 2 is 1.71 bits per heavy atom. The van der Waals surface area contributed by atoms with Gasteiger partial charge in [-0.1, -0.05) is 61.5 Å². The Kier molecular flexibility index (Phi) is 8.23. The van der Waals surface area contributed by atoms with Crippen molar-refractivity contribution in [2.75, 3.05) is 20.5 Å². The first-order valence-corrected chi connectivity index (χ1v) is 13.5. The molecule has 1 N–H and O–H groups in total. The van der Waals surface area contributed by atoms with Crippen molar-refractivity contribution in [3.8, 4) is 17.2 Å². The third-order valence-corrected chi connectivity index (χ3v) is 7.62. The smallest absolute Gasteiger partial charge is 0.306 e. The highest BCUT2D eigenvalue weighted by molar-refractivity contribution is 6.31. The van der Waals surface area contributed by atoms with Crippen molar-refractivity contribution in [1.82, 2.24) is 5.32 Å². The lowest BCUT2D eigenvalue weighted by Crippen LogP contribution is -2.37. The monoisotopic (exact) mass is 537 g/mol. The van der Waals surface area contributed by atoms with Gasteiger partial charge >= 0.3 is 5.97 Å². The Hall–Kier alpha value is -3.45. The van der Waals surface area contributed by atoms with Gasteiger partial charge in [-0.15, -0.1) is 0 Å². The normalized spacial score (nSPS) is 16.1. The van der Waals surface area contributed by atoms with Gasteiger partial charge in [-0.3, -0.25) is 9.59 Å². The molecule has 0 saturated heterocycles. The van der Waals surface area contributed by atoms with Crippen LogP contribution in [0.1, 0.15) is 62.0 Å². The Bertz CT molecular complexity index is 1320. The highest BCUT2D eigenvalue weighted by atomic mass is 35.5. The zero-order chi connectivity index (χ0) is 26.5. The summed E-state index contributed by atoms with van der Waals surface area (Å²) >= 11 is 6.63. The van der Waals surface area contributed by atoms with Gasteiger partial charge in [0.1, 0.15) is 5.75 Å². The molecule has 0 radical (unpaired) electrons. The van der Waals surface area contributed by atoms with Crippen LogP contribution < -0.4 is 19.5 Å². The largest absolute Gasteiger partial charge is 0.484 e. The van der Waals surface area contributed by atoms with E-state index in [9.17, 15) is 9.59 Å². The number of fused-ring (bicyclic) bond motifs is 2. The number of benzene rings is 3. The van der Waals surface area contributed by atoms with Crippen LogP contribution in [-0.2, 0) is 14.3 Å². The molecule has 7 nitrogen and oxygen atoms in total. The third kappa shape index (κ3) is 6.16. The Morgan fingerprint density at radius 3 is 2.47 bits per heavy atom. The molecule has 1 aliphatic heterocycles. The third-order valence-electron chi connectivity index (χ3n) is 7.29. The van der Waals surface area contributed by atoms with E-state index in [-0.39, 0.29) is 43.7 Å². The van der Waals surface area contributed by atoms with Crippen molar-refractivity contribution in [3.05, 3.63) is 64.7 Å². The summed E-state index contributed by atoms with van der Waals surface area (Å²) in [7, 11) is 1.37. The van der Waals surface area contributed by atoms with Crippen molar-refractivity contribution in [1.29, 1.82) is 0 Å². The van der Waals surface area contributed by atoms with E-state index in [4.69, 9.17) is 30.5 Å². The van der Waals surface area contributed by atoms with Crippen LogP contribution in [0, 0.1) is 0 Å². The van der Waals surface area contributed by atoms with Gasteiger partial charge in [0.25, 0.3) is 5.91 Å². The van der Waals surface area contributed by atoms with Crippen LogP contribution in [0.25, 0.3) is 10.8 Å². The van der Waals surface area contributed by atoms with E-state index in [2.05, 4.69) is 5.32 Å². The second-order valence-electron chi connectivity index (χ2n) is 9.87. The maximum Gasteiger partial charge on any atom is 0.306 e. The molecule has 1 amide bonds. The molecule has 200 valence electrons. The maximum absolute atomic E-state index is 12.5. The predicted octanol–water partition coefficient (Wildman–Crippen LogP) is 6.13. The Morgan fingerprint density at radius 1 is 0.974 bits per heavy atom. The van der Waals surface area contributed by atoms with Gasteiger partial charge in [0, 0.05) is 23.0 Å². The number of amides is 1. The highest BCUT2D eigenvalue weighted by Gasteiger charge is 2.25. The number of hydrogen-bond donors (Lipinski definition) is 1. The van der Waals surface area contributed by atoms with Crippen LogP contribution in [0.15, 0.2) is 48.5 Å². The summed E-state index contributed by atoms with van der Waals surface area (Å²) in [4.78, 5) is 24.9. The first-order chi connectivity index (χ1) is 18.5. The number of nitrogens with one attached hydrogen (secondary N) is 1. The molecular formula is C30H32ClNO6. The van der Waals surface area contributed by atoms with E-state index in [1.165, 1.54) is 20.0 Å². The molecule has 1 saturated carbocycles. The molecule has 1 unspecified atom stereocenters. The molecular weight excluding hydrogens is 506 g/mol. The molecule has 38 heavy (non-hydrogen) atoms. The molecule has 1 heterocycles. The van der Waals surface area contributed by atoms with Crippen molar-refractivity contribution in [2.24, 2.45) is 0 Å². The summed E-state index contributed by atoms with van der Waals surface area (Å²) in [5, 5.41) is 5.54. The van der Waals surface area contributed by atoms with Gasteiger partial charge in [-0.2, -0.15) is 0 Å². The SMILES string of the molecule is COC(=O)CC(c1ccc2ccc(OCC(=O)NC3CCCCCC3)cc2c1)c1cc2c(cc1Cl)OCO2. The van der Waals surface area contributed by atoms with E-state index in [1.54, 1.807) is 6.07 Å². The van der Waals surface area contributed by atoms with Gasteiger partial charge in [-0.25, -0.2) is 0 Å². The molecule has 8 heteroatoms. The lowest BCUT2D eigenvalue weighted by Gasteiger charge is -2.20. The molecule has 5 rings (SSSR count). The number of rotatable bonds is 8. The van der Waals surface area contributed by atoms with Gasteiger partial charge < -0.3 is 24.3 Å². The van der Waals surface area contributed by atoms with Crippen molar-refractivity contribution >= 4 is 34.2 Å². The van der Waals surface area contributed by atoms with Crippen LogP contribution in [0.5, 0.6) is 17.2 Å². The fourth-order valence-corrected chi connectivity index (χ4v) is 5.53. The molecule has 0 aromatic heterocycles. The number of methoxy groups -OCH3 is 1. The molecule has 1 aliphatic carbocycles. The van der Waals surface area contributed by atoms with Crippen LogP contribution in [0.4, 0.5) is 0 Å². The van der Waals surface area contributed by atoms with Gasteiger partial charge in [-0.05, 0) is 52.9 Å². The zero-order valence-corrected chi connectivity index (χ0v) is 22.2. The van der Waals surface area contributed by atoms with E-state index in [1.807, 2.05) is 42.5 Å². The van der Waals surface area contributed by atoms with Crippen LogP contribution in [0.3, 0.4) is 0 Å². The number of carbonyl (C=O) groups is 2. The molecule has 2 aliphatic rings. The van der Waals surface area contributed by atoms with Crippen LogP contribution in [-0.4, -0.2) is 38.4 Å². The lowest BCUT2D eigenvalue weighted by molar-refractivity contribution is -0.140. The number of ether oxygens (including phenoxy) is 4. The molecule has 0 bridgehead atoms. The summed E-state index contributed by atoms with van der Waals surface area (Å²) in [6.45, 7) is 0.105. The predicted molar refractivity (Wildman–Crippen MR) is 145 cm³/mol. The minimum absolute atomic E-state index is 0.0283. The van der Waals surface area contributed by atoms with E-state index in [0.717, 1.165) is 47.6 Å². The minimum atomic E-state index is -0.358. The molecule has 3 aromatic carbocycles. The van der Waals surface area contributed by atoms with Crippen molar-refractivity contribution < 1.29 is 28.5 Å². The zero-order valence-electron chi connectivity index (χ0n) is 21.5. The van der Waals surface area contributed by atoms with E-state index >= 15 is 0 Å². The molecule has 0 spiro atoms. The van der Waals surface area contributed by atoms with Crippen LogP contribution in [0.2, 0.25) is 5.02 Å². The van der Waals surface area contributed by atoms with Gasteiger partial charge in [0.15, 0.2) is 18.1 Å². The minimum Gasteiger partial charge on any atom is -0.484 e. The van der Waals surface area contributed by atoms with Gasteiger partial charge in [0.05, 0.1) is 13.5 Å². The average molecular weight is 538 g/mol. The molecule has 1 atom stereocenters. The standard InChI is InChI=1S/C30H32ClNO6/c1-35-30(34)15-24(25-14-27-28(16-26(25)31)38-18-37-27)20-9-8-19-10-11-23(13-21(19)12-20)36-17-29(33)32-22-6-4-2-3-5-7-22/h8-14,16,22,24H,2-7,15,17-18H2,1H3,(H,32,33). The Labute approximate surface area is 227 Å². The van der Waals surface area contributed by atoms with Gasteiger partial charge in [0.2, 0.25) is 6.79 Å². The summed E-state index contributed by atoms with van der Waals surface area (Å²) in [5.41, 5.74) is 1.65. The number of hydrogen-bond acceptors (Lipinski definition) is 6. The van der Waals surface area contributed by atoms with Crippen molar-refractivity contribution in [2.45, 2.75) is 56.9 Å². The first kappa shape index (κ1) is 26.2. The fourth-order valence-electron chi connectivity index (χ4n) is 5.25. The summed E-state index contributed by atoms with van der Waals surface area (Å²) in [6.07, 6.45) is 6.97. The number of carbonyl (C=O) groups excluding carboxylic acids is 2. The molecule has 3 aromatic rings. The fraction of sp³-hybridized carbons (Fsp3) is 0.400. The lowest BCUT2D eigenvalue weighted by atomic mass is 9.87. The maximum atomic E-state index is 12.5. The summed E-state index contributed by atoms with van der Waals surface area (Å²) in [6, 6.07) is 15.5. The highest BCUT2D eigenvalue weighted by Crippen LogP contribution is 2.42. The van der Waals surface area contributed by atoms with Crippen molar-refractivity contribution in [3.63, 3.8) is 0 Å². The van der Waals surface area contributed by atoms with E-state index < -0.39 is 0 Å². The second kappa shape index (κ2) is 11.9. The van der Waals surface area contributed by atoms with Crippen LogP contribution >= 0.6 is 11.6 Å². The number of esters is 1. The van der Waals surface area contributed by atoms with E-state index in [0.29, 0.717) is 22.3 Å². The molecule has 1 fully saturated rings. The average Bonchev–Trinajstić information content (AvgIpc) is 3.22.